The molecule has 0 atom stereocenters. The van der Waals surface area contributed by atoms with Gasteiger partial charge in [0.1, 0.15) is 23.1 Å². The van der Waals surface area contributed by atoms with Crippen molar-refractivity contribution >= 4 is 11.7 Å². The second-order valence-corrected chi connectivity index (χ2v) is 5.45. The molecule has 0 fully saturated rings. The highest BCUT2D eigenvalue weighted by Crippen LogP contribution is 2.22. The first-order valence-corrected chi connectivity index (χ1v) is 7.74. The zero-order chi connectivity index (χ0) is 18.5. The summed E-state index contributed by atoms with van der Waals surface area (Å²) in [6.45, 7) is 0.256. The molecule has 3 aromatic rings. The van der Waals surface area contributed by atoms with Gasteiger partial charge in [0, 0.05) is 6.54 Å². The van der Waals surface area contributed by atoms with E-state index in [9.17, 15) is 13.6 Å². The van der Waals surface area contributed by atoms with Crippen molar-refractivity contribution in [3.63, 3.8) is 0 Å². The third-order valence-electron chi connectivity index (χ3n) is 3.56. The number of hydrogen-bond acceptors (Lipinski definition) is 4. The number of ether oxygens (including phenoxy) is 1. The van der Waals surface area contributed by atoms with Crippen LogP contribution in [0, 0.1) is 11.8 Å². The maximum atomic E-state index is 12.9. The van der Waals surface area contributed by atoms with Gasteiger partial charge in [-0.25, -0.2) is 9.37 Å². The number of benzene rings is 2. The Morgan fingerprint density at radius 3 is 2.19 bits per heavy atom. The van der Waals surface area contributed by atoms with Gasteiger partial charge in [-0.05, 0) is 54.1 Å². The SMILES string of the molecule is Nc1nc(F)ccc1C(=O)NCc1ccc(Oc2ccc(F)cc2)cc1. The van der Waals surface area contributed by atoms with Crippen molar-refractivity contribution in [2.75, 3.05) is 5.73 Å². The van der Waals surface area contributed by atoms with Crippen LogP contribution in [0.3, 0.4) is 0 Å². The summed E-state index contributed by atoms with van der Waals surface area (Å²) >= 11 is 0. The van der Waals surface area contributed by atoms with Gasteiger partial charge in [-0.2, -0.15) is 4.39 Å². The third kappa shape index (κ3) is 4.32. The lowest BCUT2D eigenvalue weighted by Crippen LogP contribution is -2.24. The fourth-order valence-electron chi connectivity index (χ4n) is 2.23. The van der Waals surface area contributed by atoms with E-state index in [4.69, 9.17) is 10.5 Å². The summed E-state index contributed by atoms with van der Waals surface area (Å²) in [6, 6.07) is 15.1. The van der Waals surface area contributed by atoms with Crippen LogP contribution < -0.4 is 15.8 Å². The summed E-state index contributed by atoms with van der Waals surface area (Å²) in [5, 5.41) is 2.69. The van der Waals surface area contributed by atoms with Crippen molar-refractivity contribution in [1.29, 1.82) is 0 Å². The number of nitrogen functional groups attached to an aromatic ring is 1. The average molecular weight is 355 g/mol. The van der Waals surface area contributed by atoms with Crippen molar-refractivity contribution in [2.45, 2.75) is 6.54 Å². The Morgan fingerprint density at radius 2 is 1.58 bits per heavy atom. The number of rotatable bonds is 5. The Morgan fingerprint density at radius 1 is 0.962 bits per heavy atom. The van der Waals surface area contributed by atoms with Gasteiger partial charge in [0.25, 0.3) is 5.91 Å². The maximum absolute atomic E-state index is 12.9. The van der Waals surface area contributed by atoms with Crippen LogP contribution in [0.2, 0.25) is 0 Å². The van der Waals surface area contributed by atoms with Gasteiger partial charge in [0.15, 0.2) is 0 Å². The van der Waals surface area contributed by atoms with Crippen molar-refractivity contribution in [3.8, 4) is 11.5 Å². The molecule has 132 valence electrons. The first-order chi connectivity index (χ1) is 12.5. The van der Waals surface area contributed by atoms with E-state index in [2.05, 4.69) is 10.3 Å². The Bertz CT molecular complexity index is 913. The van der Waals surface area contributed by atoms with Crippen molar-refractivity contribution < 1.29 is 18.3 Å². The Labute approximate surface area is 148 Å². The van der Waals surface area contributed by atoms with Crippen LogP contribution in [-0.4, -0.2) is 10.9 Å². The third-order valence-corrected chi connectivity index (χ3v) is 3.56. The first-order valence-electron chi connectivity index (χ1n) is 7.74. The number of carbonyl (C=O) groups excluding carboxylic acids is 1. The van der Waals surface area contributed by atoms with E-state index in [1.807, 2.05) is 0 Å². The highest BCUT2D eigenvalue weighted by molar-refractivity contribution is 5.98. The van der Waals surface area contributed by atoms with E-state index in [0.29, 0.717) is 11.5 Å². The van der Waals surface area contributed by atoms with Crippen LogP contribution in [0.25, 0.3) is 0 Å². The number of carbonyl (C=O) groups is 1. The van der Waals surface area contributed by atoms with E-state index in [-0.39, 0.29) is 23.7 Å². The molecule has 3 rings (SSSR count). The number of hydrogen-bond donors (Lipinski definition) is 2. The molecule has 26 heavy (non-hydrogen) atoms. The predicted molar refractivity (Wildman–Crippen MR) is 92.7 cm³/mol. The molecule has 2 aromatic carbocycles. The van der Waals surface area contributed by atoms with Gasteiger partial charge in [-0.1, -0.05) is 12.1 Å². The lowest BCUT2D eigenvalue weighted by Gasteiger charge is -2.09. The molecule has 1 aromatic heterocycles. The summed E-state index contributed by atoms with van der Waals surface area (Å²) in [5.41, 5.74) is 6.49. The fourth-order valence-corrected chi connectivity index (χ4v) is 2.23. The van der Waals surface area contributed by atoms with Crippen LogP contribution in [0.5, 0.6) is 11.5 Å². The van der Waals surface area contributed by atoms with Crippen molar-refractivity contribution in [1.82, 2.24) is 10.3 Å². The lowest BCUT2D eigenvalue weighted by atomic mass is 10.2. The molecule has 1 amide bonds. The number of nitrogens with two attached hydrogens (primary N) is 1. The Kier molecular flexibility index (Phi) is 5.07. The van der Waals surface area contributed by atoms with Gasteiger partial charge in [-0.15, -0.1) is 0 Å². The summed E-state index contributed by atoms with van der Waals surface area (Å²) in [6.07, 6.45) is 0. The van der Waals surface area contributed by atoms with Gasteiger partial charge < -0.3 is 15.8 Å². The largest absolute Gasteiger partial charge is 0.457 e. The van der Waals surface area contributed by atoms with Gasteiger partial charge >= 0.3 is 0 Å². The molecule has 0 radical (unpaired) electrons. The number of halogens is 2. The highest BCUT2D eigenvalue weighted by atomic mass is 19.1. The van der Waals surface area contributed by atoms with Crippen LogP contribution in [0.4, 0.5) is 14.6 Å². The minimum absolute atomic E-state index is 0.114. The maximum Gasteiger partial charge on any atom is 0.255 e. The van der Waals surface area contributed by atoms with E-state index in [1.54, 1.807) is 24.3 Å². The van der Waals surface area contributed by atoms with Crippen LogP contribution in [-0.2, 0) is 6.54 Å². The number of nitrogens with zero attached hydrogens (tertiary/aromatic N) is 1. The number of pyridine rings is 1. The molecule has 3 N–H and O–H groups in total. The molecule has 0 saturated heterocycles. The van der Waals surface area contributed by atoms with Crippen molar-refractivity contribution in [2.24, 2.45) is 0 Å². The molecule has 1 heterocycles. The minimum atomic E-state index is -0.740. The van der Waals surface area contributed by atoms with Crippen molar-refractivity contribution in [3.05, 3.63) is 83.6 Å². The molecule has 7 heteroatoms. The number of aromatic nitrogens is 1. The van der Waals surface area contributed by atoms with Crippen LogP contribution >= 0.6 is 0 Å². The summed E-state index contributed by atoms with van der Waals surface area (Å²) in [5.74, 6) is -0.575. The number of anilines is 1. The zero-order valence-electron chi connectivity index (χ0n) is 13.6. The Balaban J connectivity index is 1.58. The first kappa shape index (κ1) is 17.3. The topological polar surface area (TPSA) is 77.2 Å². The molecule has 5 nitrogen and oxygen atoms in total. The summed E-state index contributed by atoms with van der Waals surface area (Å²) in [7, 11) is 0. The lowest BCUT2D eigenvalue weighted by molar-refractivity contribution is 0.0951. The number of amides is 1. The smallest absolute Gasteiger partial charge is 0.255 e. The summed E-state index contributed by atoms with van der Waals surface area (Å²) in [4.78, 5) is 15.5. The van der Waals surface area contributed by atoms with Gasteiger partial charge in [0.2, 0.25) is 5.95 Å². The van der Waals surface area contributed by atoms with Crippen LogP contribution in [0.15, 0.2) is 60.7 Å². The second kappa shape index (κ2) is 7.60. The van der Waals surface area contributed by atoms with Crippen LogP contribution in [0.1, 0.15) is 15.9 Å². The van der Waals surface area contributed by atoms with Gasteiger partial charge in [0.05, 0.1) is 5.56 Å². The number of nitrogens with one attached hydrogen (secondary N) is 1. The molecular weight excluding hydrogens is 340 g/mol. The monoisotopic (exact) mass is 355 g/mol. The van der Waals surface area contributed by atoms with E-state index in [1.165, 1.54) is 30.3 Å². The molecule has 0 bridgehead atoms. The quantitative estimate of drug-likeness (QED) is 0.685. The van der Waals surface area contributed by atoms with E-state index >= 15 is 0 Å². The minimum Gasteiger partial charge on any atom is -0.457 e. The second-order valence-electron chi connectivity index (χ2n) is 5.45. The van der Waals surface area contributed by atoms with Gasteiger partial charge in [-0.3, -0.25) is 4.79 Å². The Hall–Kier alpha value is -3.48. The molecular formula is C19H15F2N3O2. The fraction of sp³-hybridized carbons (Fsp3) is 0.0526. The predicted octanol–water partition coefficient (Wildman–Crippen LogP) is 3.66. The normalized spacial score (nSPS) is 10.4. The van der Waals surface area contributed by atoms with E-state index in [0.717, 1.165) is 11.6 Å². The average Bonchev–Trinajstić information content (AvgIpc) is 2.63. The molecule has 0 unspecified atom stereocenters. The summed E-state index contributed by atoms with van der Waals surface area (Å²) < 4.78 is 31.4. The van der Waals surface area contributed by atoms with E-state index < -0.39 is 11.9 Å². The molecule has 0 aliphatic rings. The molecule has 0 saturated carbocycles. The molecule has 0 aliphatic heterocycles. The highest BCUT2D eigenvalue weighted by Gasteiger charge is 2.11. The molecule has 0 spiro atoms. The molecule has 0 aliphatic carbocycles. The zero-order valence-corrected chi connectivity index (χ0v) is 13.6. The standard InChI is InChI=1S/C19H15F2N3O2/c20-13-3-7-15(8-4-13)26-14-5-1-12(2-6-14)11-23-19(25)16-9-10-17(21)24-18(16)22/h1-10H,11H2,(H2,22,24)(H,23,25).